The Balaban J connectivity index is 1.96. The summed E-state index contributed by atoms with van der Waals surface area (Å²) in [6, 6.07) is 4.18. The summed E-state index contributed by atoms with van der Waals surface area (Å²) in [4.78, 5) is 6.08. The van der Waals surface area contributed by atoms with Crippen molar-refractivity contribution in [2.45, 2.75) is 53.0 Å². The van der Waals surface area contributed by atoms with Crippen LogP contribution in [0.25, 0.3) is 0 Å². The zero-order chi connectivity index (χ0) is 16.6. The molecule has 122 valence electrons. The third-order valence-corrected chi connectivity index (χ3v) is 4.66. The second kappa shape index (κ2) is 5.92. The minimum Gasteiger partial charge on any atom is -0.361 e. The highest BCUT2D eigenvalue weighted by Crippen LogP contribution is 2.22. The average Bonchev–Trinajstić information content (AvgIpc) is 3.16. The van der Waals surface area contributed by atoms with Crippen LogP contribution in [0.15, 0.2) is 22.0 Å². The van der Waals surface area contributed by atoms with Crippen molar-refractivity contribution >= 4 is 11.3 Å². The minimum atomic E-state index is -0.116. The first-order chi connectivity index (χ1) is 10.8. The fraction of sp³-hybridized carbons (Fsp3) is 0.471. The number of rotatable bonds is 4. The zero-order valence-corrected chi connectivity index (χ0v) is 15.1. The van der Waals surface area contributed by atoms with E-state index in [1.807, 2.05) is 18.5 Å². The summed E-state index contributed by atoms with van der Waals surface area (Å²) in [5.74, 6) is 2.67. The van der Waals surface area contributed by atoms with Crippen LogP contribution in [-0.4, -0.2) is 19.9 Å². The van der Waals surface area contributed by atoms with Gasteiger partial charge in [-0.15, -0.1) is 11.3 Å². The summed E-state index contributed by atoms with van der Waals surface area (Å²) in [6.07, 6.45) is 1.46. The zero-order valence-electron chi connectivity index (χ0n) is 14.3. The Labute approximate surface area is 140 Å². The van der Waals surface area contributed by atoms with E-state index < -0.39 is 0 Å². The van der Waals surface area contributed by atoms with E-state index in [1.54, 1.807) is 11.3 Å². The Morgan fingerprint density at radius 1 is 1.22 bits per heavy atom. The van der Waals surface area contributed by atoms with Gasteiger partial charge < -0.3 is 4.52 Å². The van der Waals surface area contributed by atoms with Crippen molar-refractivity contribution in [1.29, 1.82) is 0 Å². The lowest BCUT2D eigenvalue weighted by Gasteiger charge is -2.21. The summed E-state index contributed by atoms with van der Waals surface area (Å²) in [6.45, 7) is 10.4. The number of hydrogen-bond acceptors (Lipinski definition) is 5. The maximum Gasteiger partial charge on any atom is 0.156 e. The molecule has 0 aliphatic carbocycles. The third kappa shape index (κ3) is 3.37. The van der Waals surface area contributed by atoms with Crippen molar-refractivity contribution in [2.24, 2.45) is 0 Å². The summed E-state index contributed by atoms with van der Waals surface area (Å²) in [5.41, 5.74) is 1.91. The smallest absolute Gasteiger partial charge is 0.156 e. The van der Waals surface area contributed by atoms with Crippen LogP contribution in [0.1, 0.15) is 54.3 Å². The second-order valence-electron chi connectivity index (χ2n) is 6.76. The molecule has 0 fully saturated rings. The number of hydrogen-bond donors (Lipinski definition) is 0. The lowest BCUT2D eigenvalue weighted by atomic mass is 10.1. The van der Waals surface area contributed by atoms with E-state index in [9.17, 15) is 0 Å². The maximum absolute atomic E-state index is 5.28. The van der Waals surface area contributed by atoms with Gasteiger partial charge in [-0.1, -0.05) is 11.2 Å². The molecule has 3 aromatic rings. The molecule has 0 amide bonds. The first-order valence-corrected chi connectivity index (χ1v) is 8.62. The molecule has 0 saturated carbocycles. The number of aryl methyl sites for hydroxylation is 2. The molecule has 3 heterocycles. The second-order valence-corrected chi connectivity index (χ2v) is 7.79. The molecule has 0 aliphatic heterocycles. The largest absolute Gasteiger partial charge is 0.361 e. The van der Waals surface area contributed by atoms with Gasteiger partial charge in [-0.25, -0.2) is 9.67 Å². The van der Waals surface area contributed by atoms with Gasteiger partial charge in [-0.05, 0) is 46.1 Å². The van der Waals surface area contributed by atoms with Crippen molar-refractivity contribution < 1.29 is 4.52 Å². The van der Waals surface area contributed by atoms with Gasteiger partial charge in [0.15, 0.2) is 5.82 Å². The van der Waals surface area contributed by atoms with E-state index in [0.717, 1.165) is 35.1 Å². The van der Waals surface area contributed by atoms with Gasteiger partial charge in [0.25, 0.3) is 0 Å². The van der Waals surface area contributed by atoms with E-state index in [2.05, 4.69) is 43.4 Å². The molecule has 0 N–H and O–H groups in total. The minimum absolute atomic E-state index is 0.116. The summed E-state index contributed by atoms with van der Waals surface area (Å²) >= 11 is 1.74. The molecule has 0 radical (unpaired) electrons. The molecular formula is C17H22N4OS. The molecular weight excluding hydrogens is 308 g/mol. The van der Waals surface area contributed by atoms with Gasteiger partial charge in [0.1, 0.15) is 11.6 Å². The van der Waals surface area contributed by atoms with E-state index in [-0.39, 0.29) is 5.54 Å². The van der Waals surface area contributed by atoms with Gasteiger partial charge in [-0.3, -0.25) is 0 Å². The van der Waals surface area contributed by atoms with E-state index in [4.69, 9.17) is 14.6 Å². The van der Waals surface area contributed by atoms with Crippen molar-refractivity contribution in [2.75, 3.05) is 0 Å². The van der Waals surface area contributed by atoms with Crippen molar-refractivity contribution in [1.82, 2.24) is 19.9 Å². The molecule has 0 aromatic carbocycles. The summed E-state index contributed by atoms with van der Waals surface area (Å²) in [7, 11) is 0. The topological polar surface area (TPSA) is 56.7 Å². The Hall–Kier alpha value is -1.95. The third-order valence-electron chi connectivity index (χ3n) is 3.78. The van der Waals surface area contributed by atoms with Gasteiger partial charge in [0, 0.05) is 23.3 Å². The van der Waals surface area contributed by atoms with Crippen LogP contribution in [0.5, 0.6) is 0 Å². The van der Waals surface area contributed by atoms with Crippen LogP contribution in [0, 0.1) is 13.8 Å². The monoisotopic (exact) mass is 330 g/mol. The Morgan fingerprint density at radius 2 is 2.00 bits per heavy atom. The molecule has 6 heteroatoms. The number of aromatic nitrogens is 4. The lowest BCUT2D eigenvalue weighted by Crippen LogP contribution is -2.26. The highest BCUT2D eigenvalue weighted by atomic mass is 32.1. The fourth-order valence-corrected chi connectivity index (χ4v) is 3.30. The van der Waals surface area contributed by atoms with Gasteiger partial charge in [0.05, 0.1) is 11.2 Å². The standard InChI is InChI=1S/C17H22N4OS/c1-11-14(12(2)22-20-11)10-16-18-15(9-13-7-6-8-23-13)19-21(16)17(3,4)5/h6-8H,9-10H2,1-5H3. The molecule has 0 spiro atoms. The van der Waals surface area contributed by atoms with Crippen molar-refractivity contribution in [3.05, 3.63) is 51.1 Å². The average molecular weight is 330 g/mol. The predicted octanol–water partition coefficient (Wildman–Crippen LogP) is 3.88. The highest BCUT2D eigenvalue weighted by molar-refractivity contribution is 7.09. The van der Waals surface area contributed by atoms with Gasteiger partial charge in [0.2, 0.25) is 0 Å². The summed E-state index contributed by atoms with van der Waals surface area (Å²) < 4.78 is 7.31. The van der Waals surface area contributed by atoms with Crippen molar-refractivity contribution in [3.63, 3.8) is 0 Å². The molecule has 5 nitrogen and oxygen atoms in total. The lowest BCUT2D eigenvalue weighted by molar-refractivity contribution is 0.341. The van der Waals surface area contributed by atoms with Crippen LogP contribution >= 0.6 is 11.3 Å². The highest BCUT2D eigenvalue weighted by Gasteiger charge is 2.23. The Bertz CT molecular complexity index is 774. The Kier molecular flexibility index (Phi) is 4.10. The normalized spacial score (nSPS) is 12.0. The predicted molar refractivity (Wildman–Crippen MR) is 90.9 cm³/mol. The molecule has 0 unspecified atom stereocenters. The first-order valence-electron chi connectivity index (χ1n) is 7.74. The van der Waals surface area contributed by atoms with Crippen LogP contribution in [-0.2, 0) is 18.4 Å². The Morgan fingerprint density at radius 3 is 2.57 bits per heavy atom. The molecule has 3 rings (SSSR count). The fourth-order valence-electron chi connectivity index (χ4n) is 2.60. The molecule has 23 heavy (non-hydrogen) atoms. The molecule has 0 saturated heterocycles. The number of thiophene rings is 1. The van der Waals surface area contributed by atoms with Gasteiger partial charge >= 0.3 is 0 Å². The SMILES string of the molecule is Cc1noc(C)c1Cc1nc(Cc2cccs2)nn1C(C)(C)C. The first kappa shape index (κ1) is 15.9. The van der Waals surface area contributed by atoms with E-state index >= 15 is 0 Å². The van der Waals surface area contributed by atoms with Crippen molar-refractivity contribution in [3.8, 4) is 0 Å². The van der Waals surface area contributed by atoms with E-state index in [0.29, 0.717) is 6.42 Å². The molecule has 0 bridgehead atoms. The number of nitrogens with zero attached hydrogens (tertiary/aromatic N) is 4. The molecule has 0 atom stereocenters. The molecule has 0 aliphatic rings. The quantitative estimate of drug-likeness (QED) is 0.728. The van der Waals surface area contributed by atoms with Crippen LogP contribution in [0.2, 0.25) is 0 Å². The molecule has 3 aromatic heterocycles. The van der Waals surface area contributed by atoms with Crippen LogP contribution in [0.4, 0.5) is 0 Å². The van der Waals surface area contributed by atoms with Gasteiger partial charge in [-0.2, -0.15) is 5.10 Å². The van der Waals surface area contributed by atoms with E-state index in [1.165, 1.54) is 4.88 Å². The van der Waals surface area contributed by atoms with Crippen LogP contribution in [0.3, 0.4) is 0 Å². The maximum atomic E-state index is 5.28. The summed E-state index contributed by atoms with van der Waals surface area (Å²) in [5, 5.41) is 10.9. The van der Waals surface area contributed by atoms with Crippen LogP contribution < -0.4 is 0 Å².